The van der Waals surface area contributed by atoms with Crippen LogP contribution in [0.2, 0.25) is 0 Å². The summed E-state index contributed by atoms with van der Waals surface area (Å²) in [6, 6.07) is -0.0378. The van der Waals surface area contributed by atoms with Gasteiger partial charge in [-0.25, -0.2) is 5.01 Å². The summed E-state index contributed by atoms with van der Waals surface area (Å²) >= 11 is 0. The lowest BCUT2D eigenvalue weighted by Crippen LogP contribution is -2.46. The molecule has 0 fully saturated rings. The first kappa shape index (κ1) is 12.0. The minimum atomic E-state index is -0.0378. The van der Waals surface area contributed by atoms with Crippen LogP contribution in [0.25, 0.3) is 0 Å². The zero-order valence-electron chi connectivity index (χ0n) is 9.99. The van der Waals surface area contributed by atoms with Gasteiger partial charge in [0.15, 0.2) is 5.78 Å². The van der Waals surface area contributed by atoms with Gasteiger partial charge in [-0.05, 0) is 20.3 Å². The lowest BCUT2D eigenvalue weighted by atomic mass is 10.0. The summed E-state index contributed by atoms with van der Waals surface area (Å²) < 4.78 is 5.47. The van der Waals surface area contributed by atoms with Crippen LogP contribution in [-0.4, -0.2) is 42.5 Å². The van der Waals surface area contributed by atoms with E-state index in [0.717, 1.165) is 18.6 Å². The highest BCUT2D eigenvalue weighted by Crippen LogP contribution is 2.22. The molecule has 0 aliphatic carbocycles. The smallest absolute Gasteiger partial charge is 0.153 e. The van der Waals surface area contributed by atoms with Gasteiger partial charge >= 0.3 is 0 Å². The molecule has 0 N–H and O–H groups in total. The molecule has 0 radical (unpaired) electrons. The Morgan fingerprint density at radius 2 is 2.33 bits per heavy atom. The number of hydrazine groups is 1. The molecule has 0 spiro atoms. The van der Waals surface area contributed by atoms with Crippen molar-refractivity contribution < 1.29 is 9.53 Å². The van der Waals surface area contributed by atoms with Crippen molar-refractivity contribution >= 4 is 5.78 Å². The molecule has 1 rings (SSSR count). The van der Waals surface area contributed by atoms with Crippen molar-refractivity contribution in [2.75, 3.05) is 20.7 Å². The van der Waals surface area contributed by atoms with Crippen molar-refractivity contribution in [3.8, 4) is 0 Å². The van der Waals surface area contributed by atoms with E-state index in [2.05, 4.69) is 0 Å². The molecule has 4 nitrogen and oxygen atoms in total. The van der Waals surface area contributed by atoms with Gasteiger partial charge in [-0.2, -0.15) is 0 Å². The fourth-order valence-electron chi connectivity index (χ4n) is 1.79. The van der Waals surface area contributed by atoms with E-state index in [1.807, 2.05) is 37.2 Å². The molecule has 0 aromatic heterocycles. The van der Waals surface area contributed by atoms with Crippen LogP contribution in [0.1, 0.15) is 26.7 Å². The number of hydrogen-bond donors (Lipinski definition) is 0. The predicted octanol–water partition coefficient (Wildman–Crippen LogP) is 1.39. The van der Waals surface area contributed by atoms with Crippen LogP contribution in [0.4, 0.5) is 0 Å². The standard InChI is InChI=1S/C11H20N2O2/c1-5-15-10-6-7-11(9(2)14)13(8-10)12(3)4/h8,11H,5-7H2,1-4H3. The van der Waals surface area contributed by atoms with Gasteiger partial charge in [0.25, 0.3) is 0 Å². The van der Waals surface area contributed by atoms with Gasteiger partial charge in [-0.15, -0.1) is 0 Å². The molecule has 0 aromatic carbocycles. The second-order valence-electron chi connectivity index (χ2n) is 3.92. The first-order valence-corrected chi connectivity index (χ1v) is 5.35. The molecule has 15 heavy (non-hydrogen) atoms. The molecule has 1 heterocycles. The second kappa shape index (κ2) is 5.16. The molecule has 0 saturated heterocycles. The van der Waals surface area contributed by atoms with Gasteiger partial charge in [0.2, 0.25) is 0 Å². The summed E-state index contributed by atoms with van der Waals surface area (Å²) in [6.07, 6.45) is 3.61. The van der Waals surface area contributed by atoms with Crippen molar-refractivity contribution in [3.63, 3.8) is 0 Å². The van der Waals surface area contributed by atoms with E-state index in [9.17, 15) is 4.79 Å². The predicted molar refractivity (Wildman–Crippen MR) is 58.9 cm³/mol. The molecule has 4 heteroatoms. The van der Waals surface area contributed by atoms with Crippen LogP contribution in [0.3, 0.4) is 0 Å². The molecule has 0 aromatic rings. The van der Waals surface area contributed by atoms with Crippen LogP contribution in [0.5, 0.6) is 0 Å². The largest absolute Gasteiger partial charge is 0.497 e. The number of carbonyl (C=O) groups is 1. The molecule has 1 unspecified atom stereocenters. The highest BCUT2D eigenvalue weighted by molar-refractivity contribution is 5.81. The number of rotatable bonds is 4. The molecule has 0 saturated carbocycles. The Morgan fingerprint density at radius 1 is 1.67 bits per heavy atom. The van der Waals surface area contributed by atoms with Crippen LogP contribution in [0.15, 0.2) is 12.0 Å². The SMILES string of the molecule is CCOC1=CN(N(C)C)C(C(C)=O)CC1. The fourth-order valence-corrected chi connectivity index (χ4v) is 1.79. The Morgan fingerprint density at radius 3 is 2.80 bits per heavy atom. The van der Waals surface area contributed by atoms with E-state index in [1.54, 1.807) is 6.92 Å². The quantitative estimate of drug-likeness (QED) is 0.705. The van der Waals surface area contributed by atoms with Gasteiger partial charge in [0, 0.05) is 20.5 Å². The molecule has 1 aliphatic heterocycles. The third-order valence-corrected chi connectivity index (χ3v) is 2.52. The molecular formula is C11H20N2O2. The average molecular weight is 212 g/mol. The zero-order chi connectivity index (χ0) is 11.4. The van der Waals surface area contributed by atoms with Crippen molar-refractivity contribution in [1.29, 1.82) is 0 Å². The maximum absolute atomic E-state index is 11.4. The second-order valence-corrected chi connectivity index (χ2v) is 3.92. The number of ether oxygens (including phenoxy) is 1. The van der Waals surface area contributed by atoms with E-state index in [-0.39, 0.29) is 11.8 Å². The summed E-state index contributed by atoms with van der Waals surface area (Å²) in [5, 5.41) is 3.86. The summed E-state index contributed by atoms with van der Waals surface area (Å²) in [4.78, 5) is 11.4. The van der Waals surface area contributed by atoms with Crippen LogP contribution in [0, 0.1) is 0 Å². The third kappa shape index (κ3) is 2.96. The summed E-state index contributed by atoms with van der Waals surface area (Å²) in [5.41, 5.74) is 0. The monoisotopic (exact) mass is 212 g/mol. The number of carbonyl (C=O) groups excluding carboxylic acids is 1. The summed E-state index contributed by atoms with van der Waals surface area (Å²) in [5.74, 6) is 1.17. The fraction of sp³-hybridized carbons (Fsp3) is 0.727. The number of Topliss-reactive ketones (excluding diaryl/α,β-unsaturated/α-hetero) is 1. The summed E-state index contributed by atoms with van der Waals surface area (Å²) in [7, 11) is 3.86. The van der Waals surface area contributed by atoms with E-state index < -0.39 is 0 Å². The first-order chi connectivity index (χ1) is 7.06. The Kier molecular flexibility index (Phi) is 4.15. The van der Waals surface area contributed by atoms with Crippen molar-refractivity contribution in [1.82, 2.24) is 10.0 Å². The highest BCUT2D eigenvalue weighted by Gasteiger charge is 2.27. The highest BCUT2D eigenvalue weighted by atomic mass is 16.5. The average Bonchev–Trinajstić information content (AvgIpc) is 2.17. The normalized spacial score (nSPS) is 21.5. The number of nitrogens with zero attached hydrogens (tertiary/aromatic N) is 2. The molecule has 0 bridgehead atoms. The topological polar surface area (TPSA) is 32.8 Å². The Labute approximate surface area is 91.5 Å². The van der Waals surface area contributed by atoms with Crippen molar-refractivity contribution in [2.24, 2.45) is 0 Å². The van der Waals surface area contributed by atoms with Gasteiger partial charge < -0.3 is 4.74 Å². The molecule has 1 aliphatic rings. The van der Waals surface area contributed by atoms with Crippen molar-refractivity contribution in [2.45, 2.75) is 32.7 Å². The molecular weight excluding hydrogens is 192 g/mol. The van der Waals surface area contributed by atoms with Gasteiger partial charge in [-0.3, -0.25) is 9.80 Å². The Hall–Kier alpha value is -1.03. The number of allylic oxidation sites excluding steroid dienone is 1. The lowest BCUT2D eigenvalue weighted by Gasteiger charge is -2.37. The van der Waals surface area contributed by atoms with Gasteiger partial charge in [0.05, 0.1) is 12.8 Å². The third-order valence-electron chi connectivity index (χ3n) is 2.52. The molecule has 86 valence electrons. The van der Waals surface area contributed by atoms with Crippen LogP contribution in [-0.2, 0) is 9.53 Å². The Balaban J connectivity index is 2.79. The number of ketones is 1. The van der Waals surface area contributed by atoms with Crippen molar-refractivity contribution in [3.05, 3.63) is 12.0 Å². The number of hydrogen-bond acceptors (Lipinski definition) is 4. The lowest BCUT2D eigenvalue weighted by molar-refractivity contribution is -0.127. The minimum Gasteiger partial charge on any atom is -0.497 e. The van der Waals surface area contributed by atoms with E-state index in [0.29, 0.717) is 6.61 Å². The molecule has 0 amide bonds. The van der Waals surface area contributed by atoms with E-state index in [1.165, 1.54) is 0 Å². The van der Waals surface area contributed by atoms with E-state index in [4.69, 9.17) is 4.74 Å². The van der Waals surface area contributed by atoms with Gasteiger partial charge in [-0.1, -0.05) is 0 Å². The van der Waals surface area contributed by atoms with Gasteiger partial charge in [0.1, 0.15) is 11.8 Å². The minimum absolute atomic E-state index is 0.0378. The summed E-state index contributed by atoms with van der Waals surface area (Å²) in [6.45, 7) is 4.29. The molecule has 1 atom stereocenters. The maximum atomic E-state index is 11.4. The van der Waals surface area contributed by atoms with Crippen LogP contribution >= 0.6 is 0 Å². The zero-order valence-corrected chi connectivity index (χ0v) is 9.99. The maximum Gasteiger partial charge on any atom is 0.153 e. The Bertz CT molecular complexity index is 261. The van der Waals surface area contributed by atoms with E-state index >= 15 is 0 Å². The first-order valence-electron chi connectivity index (χ1n) is 5.35. The van der Waals surface area contributed by atoms with Crippen LogP contribution < -0.4 is 0 Å².